The minimum absolute atomic E-state index is 0.127. The molecule has 5 nitrogen and oxygen atoms in total. The molecule has 0 saturated carbocycles. The van der Waals surface area contributed by atoms with Crippen LogP contribution in [0, 0.1) is 0 Å². The summed E-state index contributed by atoms with van der Waals surface area (Å²) in [6, 6.07) is 11.0. The first-order chi connectivity index (χ1) is 11.7. The Morgan fingerprint density at radius 2 is 1.54 bits per heavy atom. The van der Waals surface area contributed by atoms with Crippen molar-refractivity contribution >= 4 is 29.1 Å². The zero-order valence-electron chi connectivity index (χ0n) is 14.0. The van der Waals surface area contributed by atoms with Gasteiger partial charge in [0.25, 0.3) is 0 Å². The van der Waals surface area contributed by atoms with Crippen LogP contribution in [0.3, 0.4) is 0 Å². The van der Waals surface area contributed by atoms with Crippen LogP contribution in [0.4, 0.5) is 0 Å². The standard InChI is InChI=1S/C17H20ClO5P/c1-19-11-23-13-9-8-12(20-2)10-16(13)24(18)17-14(21-3)6-5-7-15(17)22-4/h5-10H,11H2,1-4H3. The molecule has 0 bridgehead atoms. The lowest BCUT2D eigenvalue weighted by Crippen LogP contribution is -2.16. The van der Waals surface area contributed by atoms with Crippen molar-refractivity contribution in [1.29, 1.82) is 0 Å². The molecule has 0 spiro atoms. The lowest BCUT2D eigenvalue weighted by atomic mass is 10.3. The van der Waals surface area contributed by atoms with E-state index >= 15 is 0 Å². The van der Waals surface area contributed by atoms with Crippen molar-refractivity contribution < 1.29 is 23.7 Å². The lowest BCUT2D eigenvalue weighted by Gasteiger charge is -2.20. The van der Waals surface area contributed by atoms with Gasteiger partial charge in [0.05, 0.1) is 33.9 Å². The highest BCUT2D eigenvalue weighted by Crippen LogP contribution is 2.48. The normalized spacial score (nSPS) is 11.7. The second-order valence-electron chi connectivity index (χ2n) is 4.68. The van der Waals surface area contributed by atoms with Crippen LogP contribution in [0.25, 0.3) is 0 Å². The Balaban J connectivity index is 2.54. The van der Waals surface area contributed by atoms with Crippen LogP contribution < -0.4 is 29.6 Å². The lowest BCUT2D eigenvalue weighted by molar-refractivity contribution is 0.0519. The van der Waals surface area contributed by atoms with E-state index in [0.717, 1.165) is 10.6 Å². The third-order valence-corrected chi connectivity index (χ3v) is 5.97. The zero-order chi connectivity index (χ0) is 17.5. The summed E-state index contributed by atoms with van der Waals surface area (Å²) in [6.45, 7) is 0.127. The minimum atomic E-state index is -1.32. The van der Waals surface area contributed by atoms with E-state index in [2.05, 4.69) is 0 Å². The predicted molar refractivity (Wildman–Crippen MR) is 97.1 cm³/mol. The molecule has 0 N–H and O–H groups in total. The van der Waals surface area contributed by atoms with E-state index in [1.54, 1.807) is 28.4 Å². The molecule has 0 heterocycles. The molecule has 0 aliphatic rings. The van der Waals surface area contributed by atoms with Crippen LogP contribution in [0.2, 0.25) is 0 Å². The molecule has 130 valence electrons. The van der Waals surface area contributed by atoms with E-state index in [1.165, 1.54) is 0 Å². The van der Waals surface area contributed by atoms with E-state index in [0.29, 0.717) is 23.0 Å². The highest BCUT2D eigenvalue weighted by Gasteiger charge is 2.24. The minimum Gasteiger partial charge on any atom is -0.497 e. The molecule has 1 unspecified atom stereocenters. The van der Waals surface area contributed by atoms with E-state index in [9.17, 15) is 0 Å². The van der Waals surface area contributed by atoms with Gasteiger partial charge in [0.1, 0.15) is 23.0 Å². The maximum atomic E-state index is 6.84. The van der Waals surface area contributed by atoms with Gasteiger partial charge in [0, 0.05) is 12.4 Å². The highest BCUT2D eigenvalue weighted by molar-refractivity contribution is 7.96. The van der Waals surface area contributed by atoms with Gasteiger partial charge in [-0.3, -0.25) is 0 Å². The van der Waals surface area contributed by atoms with Crippen LogP contribution in [0.15, 0.2) is 36.4 Å². The molecule has 7 heteroatoms. The smallest absolute Gasteiger partial charge is 0.188 e. The first-order valence-corrected chi connectivity index (χ1v) is 9.37. The summed E-state index contributed by atoms with van der Waals surface area (Å²) in [7, 11) is 5.06. The molecule has 0 aliphatic heterocycles. The average molecular weight is 371 g/mol. The van der Waals surface area contributed by atoms with Gasteiger partial charge in [-0.15, -0.1) is 0 Å². The number of methoxy groups -OCH3 is 4. The van der Waals surface area contributed by atoms with Crippen LogP contribution >= 0.6 is 18.5 Å². The van der Waals surface area contributed by atoms with Gasteiger partial charge in [-0.2, -0.15) is 0 Å². The molecule has 2 aromatic rings. The summed E-state index contributed by atoms with van der Waals surface area (Å²) in [5, 5.41) is 1.58. The Kier molecular flexibility index (Phi) is 6.98. The molecule has 0 aliphatic carbocycles. The fourth-order valence-electron chi connectivity index (χ4n) is 2.17. The third-order valence-electron chi connectivity index (χ3n) is 3.31. The van der Waals surface area contributed by atoms with Gasteiger partial charge in [-0.25, -0.2) is 0 Å². The molecule has 0 aromatic heterocycles. The number of rotatable bonds is 8. The molecule has 2 rings (SSSR count). The van der Waals surface area contributed by atoms with Gasteiger partial charge in [-0.1, -0.05) is 17.3 Å². The summed E-state index contributed by atoms with van der Waals surface area (Å²) < 4.78 is 26.9. The Labute approximate surface area is 147 Å². The number of hydrogen-bond acceptors (Lipinski definition) is 5. The second kappa shape index (κ2) is 8.97. The Morgan fingerprint density at radius 3 is 2.08 bits per heavy atom. The van der Waals surface area contributed by atoms with Crippen LogP contribution in [0.5, 0.6) is 23.0 Å². The van der Waals surface area contributed by atoms with Gasteiger partial charge in [0.15, 0.2) is 6.79 Å². The maximum Gasteiger partial charge on any atom is 0.188 e. The maximum absolute atomic E-state index is 6.84. The number of halogens is 1. The number of hydrogen-bond donors (Lipinski definition) is 0. The van der Waals surface area contributed by atoms with Crippen LogP contribution in [-0.4, -0.2) is 35.2 Å². The van der Waals surface area contributed by atoms with Crippen molar-refractivity contribution in [2.24, 2.45) is 0 Å². The van der Waals surface area contributed by atoms with Gasteiger partial charge >= 0.3 is 0 Å². The first kappa shape index (κ1) is 18.7. The fraction of sp³-hybridized carbons (Fsp3) is 0.294. The quantitative estimate of drug-likeness (QED) is 0.527. The molecule has 0 radical (unpaired) electrons. The number of ether oxygens (including phenoxy) is 5. The van der Waals surface area contributed by atoms with Crippen molar-refractivity contribution in [3.8, 4) is 23.0 Å². The van der Waals surface area contributed by atoms with E-state index in [4.69, 9.17) is 34.9 Å². The molecule has 0 fully saturated rings. The van der Waals surface area contributed by atoms with E-state index in [-0.39, 0.29) is 6.79 Å². The molecule has 0 amide bonds. The summed E-state index contributed by atoms with van der Waals surface area (Å²) in [4.78, 5) is 0. The molecule has 2 aromatic carbocycles. The molecular weight excluding hydrogens is 351 g/mol. The van der Waals surface area contributed by atoms with Gasteiger partial charge in [0.2, 0.25) is 0 Å². The predicted octanol–water partition coefficient (Wildman–Crippen LogP) is 3.28. The van der Waals surface area contributed by atoms with E-state index in [1.807, 2.05) is 36.4 Å². The van der Waals surface area contributed by atoms with E-state index < -0.39 is 7.27 Å². The van der Waals surface area contributed by atoms with Crippen molar-refractivity contribution in [1.82, 2.24) is 0 Å². The fourth-order valence-corrected chi connectivity index (χ4v) is 4.60. The monoisotopic (exact) mass is 370 g/mol. The average Bonchev–Trinajstić information content (AvgIpc) is 2.64. The van der Waals surface area contributed by atoms with Crippen LogP contribution in [-0.2, 0) is 4.74 Å². The van der Waals surface area contributed by atoms with Gasteiger partial charge < -0.3 is 23.7 Å². The van der Waals surface area contributed by atoms with Gasteiger partial charge in [-0.05, 0) is 30.3 Å². The SMILES string of the molecule is COCOc1ccc(OC)cc1P(Cl)c1c(OC)cccc1OC. The zero-order valence-corrected chi connectivity index (χ0v) is 15.7. The summed E-state index contributed by atoms with van der Waals surface area (Å²) >= 11 is 6.84. The topological polar surface area (TPSA) is 46.2 Å². The number of benzene rings is 2. The summed E-state index contributed by atoms with van der Waals surface area (Å²) in [5.74, 6) is 2.65. The Bertz CT molecular complexity index is 658. The Hall–Kier alpha value is -1.68. The van der Waals surface area contributed by atoms with Crippen molar-refractivity contribution in [3.05, 3.63) is 36.4 Å². The molecule has 1 atom stereocenters. The molecular formula is C17H20ClO5P. The van der Waals surface area contributed by atoms with Crippen molar-refractivity contribution in [2.45, 2.75) is 0 Å². The molecule has 24 heavy (non-hydrogen) atoms. The third kappa shape index (κ3) is 4.04. The highest BCUT2D eigenvalue weighted by atomic mass is 35.7. The van der Waals surface area contributed by atoms with Crippen molar-refractivity contribution in [3.63, 3.8) is 0 Å². The summed E-state index contributed by atoms with van der Waals surface area (Å²) in [5.41, 5.74) is 0. The first-order valence-electron chi connectivity index (χ1n) is 7.13. The largest absolute Gasteiger partial charge is 0.497 e. The van der Waals surface area contributed by atoms with Crippen molar-refractivity contribution in [2.75, 3.05) is 35.2 Å². The Morgan fingerprint density at radius 1 is 0.875 bits per heavy atom. The second-order valence-corrected chi connectivity index (χ2v) is 7.18. The molecule has 0 saturated heterocycles. The van der Waals surface area contributed by atoms with Crippen LogP contribution in [0.1, 0.15) is 0 Å². The summed E-state index contributed by atoms with van der Waals surface area (Å²) in [6.07, 6.45) is 0.